The summed E-state index contributed by atoms with van der Waals surface area (Å²) >= 11 is 0. The van der Waals surface area contributed by atoms with Gasteiger partial charge in [0.25, 0.3) is 0 Å². The normalized spacial score (nSPS) is 15.3. The zero-order valence-electron chi connectivity index (χ0n) is 16.8. The van der Waals surface area contributed by atoms with Crippen molar-refractivity contribution >= 4 is 16.8 Å². The fraction of sp³-hybridized carbons (Fsp3) is 0.348. The zero-order chi connectivity index (χ0) is 20.2. The molecule has 152 valence electrons. The number of carbonyl (C=O) groups excluding carboxylic acids is 1. The minimum atomic E-state index is -0.120. The van der Waals surface area contributed by atoms with Gasteiger partial charge in [0.2, 0.25) is 5.91 Å². The number of benzene rings is 2. The molecule has 0 spiro atoms. The first-order valence-corrected chi connectivity index (χ1v) is 9.84. The highest BCUT2D eigenvalue weighted by molar-refractivity contribution is 5.86. The molecule has 4 rings (SSSR count). The van der Waals surface area contributed by atoms with Gasteiger partial charge in [-0.05, 0) is 29.3 Å². The summed E-state index contributed by atoms with van der Waals surface area (Å²) in [7, 11) is 3.27. The Hall–Kier alpha value is -2.99. The maximum Gasteiger partial charge on any atom is 0.223 e. The van der Waals surface area contributed by atoms with Gasteiger partial charge in [-0.2, -0.15) is 0 Å². The molecular weight excluding hydrogens is 368 g/mol. The zero-order valence-corrected chi connectivity index (χ0v) is 16.8. The predicted molar refractivity (Wildman–Crippen MR) is 112 cm³/mol. The molecule has 0 bridgehead atoms. The molecule has 1 unspecified atom stereocenters. The Morgan fingerprint density at radius 2 is 1.79 bits per heavy atom. The SMILES string of the molecule is COc1cc(OC)cc(C(CC(=O)N2CCOCC2)c2c[nH]c3ccccc23)c1. The highest BCUT2D eigenvalue weighted by Crippen LogP contribution is 2.37. The molecule has 1 fully saturated rings. The van der Waals surface area contributed by atoms with Gasteiger partial charge in [0.15, 0.2) is 0 Å². The van der Waals surface area contributed by atoms with E-state index in [1.54, 1.807) is 14.2 Å². The van der Waals surface area contributed by atoms with Crippen LogP contribution in [0.5, 0.6) is 11.5 Å². The molecule has 1 aliphatic rings. The quantitative estimate of drug-likeness (QED) is 0.694. The first-order valence-electron chi connectivity index (χ1n) is 9.84. The second kappa shape index (κ2) is 8.57. The number of methoxy groups -OCH3 is 2. The van der Waals surface area contributed by atoms with Crippen molar-refractivity contribution in [3.63, 3.8) is 0 Å². The van der Waals surface area contributed by atoms with Crippen LogP contribution < -0.4 is 9.47 Å². The van der Waals surface area contributed by atoms with E-state index in [1.165, 1.54) is 0 Å². The molecule has 6 heteroatoms. The molecule has 1 aliphatic heterocycles. The average Bonchev–Trinajstić information content (AvgIpc) is 3.21. The molecule has 2 heterocycles. The van der Waals surface area contributed by atoms with Gasteiger partial charge < -0.3 is 24.1 Å². The molecular formula is C23H26N2O4. The third kappa shape index (κ3) is 4.07. The number of hydrogen-bond donors (Lipinski definition) is 1. The minimum absolute atomic E-state index is 0.120. The summed E-state index contributed by atoms with van der Waals surface area (Å²) in [4.78, 5) is 18.4. The van der Waals surface area contributed by atoms with E-state index in [0.717, 1.165) is 22.0 Å². The molecule has 6 nitrogen and oxygen atoms in total. The van der Waals surface area contributed by atoms with Crippen LogP contribution in [0.2, 0.25) is 0 Å². The minimum Gasteiger partial charge on any atom is -0.497 e. The first-order chi connectivity index (χ1) is 14.2. The van der Waals surface area contributed by atoms with Gasteiger partial charge in [-0.15, -0.1) is 0 Å². The highest BCUT2D eigenvalue weighted by atomic mass is 16.5. The summed E-state index contributed by atoms with van der Waals surface area (Å²) in [5.74, 6) is 1.43. The predicted octanol–water partition coefficient (Wildman–Crippen LogP) is 3.57. The Balaban J connectivity index is 1.76. The summed E-state index contributed by atoms with van der Waals surface area (Å²) in [6, 6.07) is 14.0. The van der Waals surface area contributed by atoms with Gasteiger partial charge in [-0.3, -0.25) is 4.79 Å². The lowest BCUT2D eigenvalue weighted by Crippen LogP contribution is -2.41. The molecule has 3 aromatic rings. The standard InChI is InChI=1S/C23H26N2O4/c1-27-17-11-16(12-18(13-17)28-2)20(14-23(26)25-7-9-29-10-8-25)21-15-24-22-6-4-3-5-19(21)22/h3-6,11-13,15,20,24H,7-10,14H2,1-2H3. The van der Waals surface area contributed by atoms with Crippen LogP contribution in [0.4, 0.5) is 0 Å². The fourth-order valence-electron chi connectivity index (χ4n) is 3.94. The third-order valence-electron chi connectivity index (χ3n) is 5.52. The monoisotopic (exact) mass is 394 g/mol. The molecule has 29 heavy (non-hydrogen) atoms. The lowest BCUT2D eigenvalue weighted by molar-refractivity contribution is -0.135. The third-order valence-corrected chi connectivity index (χ3v) is 5.52. The van der Waals surface area contributed by atoms with Crippen LogP contribution in [-0.4, -0.2) is 56.3 Å². The Morgan fingerprint density at radius 3 is 2.48 bits per heavy atom. The number of carbonyl (C=O) groups is 1. The number of morpholine rings is 1. The second-order valence-electron chi connectivity index (χ2n) is 7.19. The Labute approximate surface area is 170 Å². The van der Waals surface area contributed by atoms with Gasteiger partial charge >= 0.3 is 0 Å². The van der Waals surface area contributed by atoms with E-state index in [-0.39, 0.29) is 11.8 Å². The van der Waals surface area contributed by atoms with E-state index < -0.39 is 0 Å². The van der Waals surface area contributed by atoms with Crippen LogP contribution >= 0.6 is 0 Å². The molecule has 0 radical (unpaired) electrons. The fourth-order valence-corrected chi connectivity index (χ4v) is 3.94. The van der Waals surface area contributed by atoms with Gasteiger partial charge in [0.05, 0.1) is 27.4 Å². The molecule has 1 saturated heterocycles. The van der Waals surface area contributed by atoms with E-state index in [0.29, 0.717) is 44.2 Å². The van der Waals surface area contributed by atoms with Crippen LogP contribution in [0, 0.1) is 0 Å². The van der Waals surface area contributed by atoms with Crippen molar-refractivity contribution < 1.29 is 19.0 Å². The smallest absolute Gasteiger partial charge is 0.223 e. The Morgan fingerprint density at radius 1 is 1.10 bits per heavy atom. The maximum atomic E-state index is 13.1. The topological polar surface area (TPSA) is 63.8 Å². The number of nitrogens with zero attached hydrogens (tertiary/aromatic N) is 1. The van der Waals surface area contributed by atoms with E-state index in [9.17, 15) is 4.79 Å². The van der Waals surface area contributed by atoms with Crippen molar-refractivity contribution in [2.45, 2.75) is 12.3 Å². The summed E-state index contributed by atoms with van der Waals surface area (Å²) in [6.07, 6.45) is 2.38. The lowest BCUT2D eigenvalue weighted by Gasteiger charge is -2.29. The van der Waals surface area contributed by atoms with Gasteiger partial charge in [0.1, 0.15) is 11.5 Å². The van der Waals surface area contributed by atoms with Crippen LogP contribution in [0.25, 0.3) is 10.9 Å². The van der Waals surface area contributed by atoms with Gasteiger partial charge in [-0.1, -0.05) is 18.2 Å². The number of nitrogens with one attached hydrogen (secondary N) is 1. The molecule has 1 aromatic heterocycles. The van der Waals surface area contributed by atoms with Crippen molar-refractivity contribution in [1.29, 1.82) is 0 Å². The average molecular weight is 394 g/mol. The number of aromatic nitrogens is 1. The number of hydrogen-bond acceptors (Lipinski definition) is 4. The molecule has 0 saturated carbocycles. The molecule has 1 amide bonds. The van der Waals surface area contributed by atoms with Crippen LogP contribution in [-0.2, 0) is 9.53 Å². The van der Waals surface area contributed by atoms with E-state index in [1.807, 2.05) is 47.5 Å². The number of fused-ring (bicyclic) bond motifs is 1. The van der Waals surface area contributed by atoms with E-state index in [2.05, 4.69) is 11.1 Å². The molecule has 2 aromatic carbocycles. The Bertz CT molecular complexity index is 969. The molecule has 1 N–H and O–H groups in total. The summed E-state index contributed by atoms with van der Waals surface area (Å²) in [6.45, 7) is 2.47. The number of rotatable bonds is 6. The summed E-state index contributed by atoms with van der Waals surface area (Å²) in [5, 5.41) is 1.12. The summed E-state index contributed by atoms with van der Waals surface area (Å²) < 4.78 is 16.3. The van der Waals surface area contributed by atoms with Gasteiger partial charge in [0, 0.05) is 48.6 Å². The highest BCUT2D eigenvalue weighted by Gasteiger charge is 2.26. The van der Waals surface area contributed by atoms with Crippen LogP contribution in [0.3, 0.4) is 0 Å². The van der Waals surface area contributed by atoms with Crippen LogP contribution in [0.1, 0.15) is 23.5 Å². The van der Waals surface area contributed by atoms with Crippen molar-refractivity contribution in [2.75, 3.05) is 40.5 Å². The van der Waals surface area contributed by atoms with E-state index >= 15 is 0 Å². The van der Waals surface area contributed by atoms with Gasteiger partial charge in [-0.25, -0.2) is 0 Å². The number of ether oxygens (including phenoxy) is 3. The molecule has 0 aliphatic carbocycles. The number of para-hydroxylation sites is 1. The Kier molecular flexibility index (Phi) is 5.71. The first kappa shape index (κ1) is 19.3. The second-order valence-corrected chi connectivity index (χ2v) is 7.19. The number of aromatic amines is 1. The number of amides is 1. The lowest BCUT2D eigenvalue weighted by atomic mass is 9.87. The van der Waals surface area contributed by atoms with E-state index in [4.69, 9.17) is 14.2 Å². The largest absolute Gasteiger partial charge is 0.497 e. The van der Waals surface area contributed by atoms with Crippen molar-refractivity contribution in [3.8, 4) is 11.5 Å². The van der Waals surface area contributed by atoms with Crippen LogP contribution in [0.15, 0.2) is 48.7 Å². The van der Waals surface area contributed by atoms with Crippen molar-refractivity contribution in [1.82, 2.24) is 9.88 Å². The number of H-pyrrole nitrogens is 1. The summed E-state index contributed by atoms with van der Waals surface area (Å²) in [5.41, 5.74) is 3.14. The van der Waals surface area contributed by atoms with Crippen molar-refractivity contribution in [2.24, 2.45) is 0 Å². The maximum absolute atomic E-state index is 13.1. The van der Waals surface area contributed by atoms with Crippen molar-refractivity contribution in [3.05, 3.63) is 59.8 Å². The molecule has 1 atom stereocenters.